The van der Waals surface area contributed by atoms with Crippen molar-refractivity contribution >= 4 is 35.0 Å². The van der Waals surface area contributed by atoms with Gasteiger partial charge in [0.15, 0.2) is 0 Å². The summed E-state index contributed by atoms with van der Waals surface area (Å²) in [5.74, 6) is 0.275. The largest absolute Gasteiger partial charge is 0.480 e. The number of thiazole rings is 1. The summed E-state index contributed by atoms with van der Waals surface area (Å²) in [5, 5.41) is 15.0. The van der Waals surface area contributed by atoms with Gasteiger partial charge in [-0.05, 0) is 31.3 Å². The molecule has 5 nitrogen and oxygen atoms in total. The number of carbonyl (C=O) groups is 2. The molecule has 132 valence electrons. The Morgan fingerprint density at radius 1 is 1.24 bits per heavy atom. The van der Waals surface area contributed by atoms with Gasteiger partial charge in [0, 0.05) is 10.9 Å². The minimum Gasteiger partial charge on any atom is -0.480 e. The first-order valence-electron chi connectivity index (χ1n) is 8.12. The minimum absolute atomic E-state index is 0.102. The molecule has 0 spiro atoms. The van der Waals surface area contributed by atoms with Gasteiger partial charge in [0.2, 0.25) is 5.91 Å². The maximum Gasteiger partial charge on any atom is 0.329 e. The fraction of sp³-hybridized carbons (Fsp3) is 0.389. The third-order valence-corrected chi connectivity index (χ3v) is 6.25. The molecule has 7 heteroatoms. The lowest BCUT2D eigenvalue weighted by Gasteiger charge is -2.33. The molecule has 0 atom stereocenters. The highest BCUT2D eigenvalue weighted by atomic mass is 32.2. The van der Waals surface area contributed by atoms with Crippen LogP contribution in [0.2, 0.25) is 0 Å². The number of nitrogens with zero attached hydrogens (tertiary/aromatic N) is 1. The molecule has 2 aromatic rings. The van der Waals surface area contributed by atoms with Gasteiger partial charge in [0.25, 0.3) is 0 Å². The molecule has 25 heavy (non-hydrogen) atoms. The van der Waals surface area contributed by atoms with Crippen molar-refractivity contribution in [2.75, 3.05) is 11.5 Å². The topological polar surface area (TPSA) is 79.3 Å². The van der Waals surface area contributed by atoms with E-state index in [4.69, 9.17) is 0 Å². The Hall–Kier alpha value is -1.86. The van der Waals surface area contributed by atoms with Gasteiger partial charge in [-0.15, -0.1) is 11.3 Å². The number of thioether (sulfide) groups is 1. The highest BCUT2D eigenvalue weighted by Crippen LogP contribution is 2.28. The average Bonchev–Trinajstić information content (AvgIpc) is 3.04. The maximum absolute atomic E-state index is 12.4. The molecule has 1 saturated heterocycles. The molecular weight excluding hydrogens is 356 g/mol. The van der Waals surface area contributed by atoms with E-state index in [-0.39, 0.29) is 12.3 Å². The molecule has 1 fully saturated rings. The molecule has 0 saturated carbocycles. The van der Waals surface area contributed by atoms with Crippen LogP contribution in [0.3, 0.4) is 0 Å². The van der Waals surface area contributed by atoms with Gasteiger partial charge in [0.1, 0.15) is 10.5 Å². The van der Waals surface area contributed by atoms with Crippen LogP contribution >= 0.6 is 23.1 Å². The summed E-state index contributed by atoms with van der Waals surface area (Å²) in [6.45, 7) is 2.03. The number of rotatable bonds is 5. The number of carboxylic acids is 1. The summed E-state index contributed by atoms with van der Waals surface area (Å²) in [7, 11) is 0. The first-order valence-corrected chi connectivity index (χ1v) is 10.2. The third kappa shape index (κ3) is 4.22. The van der Waals surface area contributed by atoms with Crippen LogP contribution in [0.5, 0.6) is 0 Å². The predicted octanol–water partition coefficient (Wildman–Crippen LogP) is 3.13. The Morgan fingerprint density at radius 2 is 1.92 bits per heavy atom. The van der Waals surface area contributed by atoms with Gasteiger partial charge >= 0.3 is 5.97 Å². The van der Waals surface area contributed by atoms with Crippen molar-refractivity contribution in [3.05, 3.63) is 40.9 Å². The molecule has 1 aliphatic rings. The number of amides is 1. The number of nitrogens with one attached hydrogen (secondary N) is 1. The minimum atomic E-state index is -1.13. The van der Waals surface area contributed by atoms with E-state index in [1.807, 2.05) is 36.6 Å². The Balaban J connectivity index is 1.67. The van der Waals surface area contributed by atoms with E-state index in [0.717, 1.165) is 22.1 Å². The maximum atomic E-state index is 12.4. The van der Waals surface area contributed by atoms with Crippen molar-refractivity contribution < 1.29 is 14.7 Å². The van der Waals surface area contributed by atoms with Gasteiger partial charge in [0.05, 0.1) is 12.1 Å². The van der Waals surface area contributed by atoms with Crippen molar-refractivity contribution in [3.63, 3.8) is 0 Å². The van der Waals surface area contributed by atoms with Gasteiger partial charge < -0.3 is 10.4 Å². The SMILES string of the molecule is Cc1ccc(-c2nc(CC(=O)NC3(C(=O)O)CCSCC3)cs2)cc1. The highest BCUT2D eigenvalue weighted by molar-refractivity contribution is 7.99. The second-order valence-corrected chi connectivity index (χ2v) is 8.32. The van der Waals surface area contributed by atoms with Crippen molar-refractivity contribution in [1.82, 2.24) is 10.3 Å². The van der Waals surface area contributed by atoms with Crippen LogP contribution in [-0.4, -0.2) is 39.0 Å². The number of hydrogen-bond donors (Lipinski definition) is 2. The van der Waals surface area contributed by atoms with Crippen molar-refractivity contribution in [2.24, 2.45) is 0 Å². The first kappa shape index (κ1) is 17.9. The number of aromatic nitrogens is 1. The Kier molecular flexibility index (Phi) is 5.44. The second kappa shape index (κ2) is 7.58. The Bertz CT molecular complexity index is 765. The lowest BCUT2D eigenvalue weighted by atomic mass is 9.92. The van der Waals surface area contributed by atoms with E-state index < -0.39 is 11.5 Å². The summed E-state index contributed by atoms with van der Waals surface area (Å²) in [6, 6.07) is 8.08. The van der Waals surface area contributed by atoms with Crippen LogP contribution < -0.4 is 5.32 Å². The smallest absolute Gasteiger partial charge is 0.329 e. The Morgan fingerprint density at radius 3 is 2.56 bits per heavy atom. The normalized spacial score (nSPS) is 16.4. The fourth-order valence-corrected chi connectivity index (χ4v) is 4.82. The number of hydrogen-bond acceptors (Lipinski definition) is 5. The quantitative estimate of drug-likeness (QED) is 0.838. The number of benzene rings is 1. The van der Waals surface area contributed by atoms with E-state index in [9.17, 15) is 14.7 Å². The summed E-state index contributed by atoms with van der Waals surface area (Å²) in [4.78, 5) is 28.5. The molecule has 1 aromatic heterocycles. The van der Waals surface area contributed by atoms with Crippen LogP contribution in [0.4, 0.5) is 0 Å². The van der Waals surface area contributed by atoms with Crippen LogP contribution in [-0.2, 0) is 16.0 Å². The molecule has 2 heterocycles. The van der Waals surface area contributed by atoms with Gasteiger partial charge in [-0.25, -0.2) is 9.78 Å². The lowest BCUT2D eigenvalue weighted by Crippen LogP contribution is -2.56. The Labute approximate surface area is 154 Å². The molecule has 1 aliphatic heterocycles. The van der Waals surface area contributed by atoms with E-state index in [1.54, 1.807) is 11.8 Å². The highest BCUT2D eigenvalue weighted by Gasteiger charge is 2.41. The van der Waals surface area contributed by atoms with Gasteiger partial charge in [-0.1, -0.05) is 29.8 Å². The molecule has 3 rings (SSSR count). The van der Waals surface area contributed by atoms with Crippen molar-refractivity contribution in [3.8, 4) is 10.6 Å². The average molecular weight is 377 g/mol. The molecule has 1 amide bonds. The van der Waals surface area contributed by atoms with Crippen LogP contribution in [0.25, 0.3) is 10.6 Å². The van der Waals surface area contributed by atoms with Crippen molar-refractivity contribution in [1.29, 1.82) is 0 Å². The third-order valence-electron chi connectivity index (χ3n) is 4.33. The van der Waals surface area contributed by atoms with E-state index >= 15 is 0 Å². The number of carboxylic acid groups (broad SMARTS) is 1. The predicted molar refractivity (Wildman–Crippen MR) is 101 cm³/mol. The summed E-state index contributed by atoms with van der Waals surface area (Å²) < 4.78 is 0. The molecule has 0 radical (unpaired) electrons. The summed E-state index contributed by atoms with van der Waals surface area (Å²) >= 11 is 3.21. The standard InChI is InChI=1S/C18H20N2O3S2/c1-12-2-4-13(5-3-12)16-19-14(11-25-16)10-15(21)20-18(17(22)23)6-8-24-9-7-18/h2-5,11H,6-10H2,1H3,(H,20,21)(H,22,23). The lowest BCUT2D eigenvalue weighted by molar-refractivity contribution is -0.148. The van der Waals surface area contributed by atoms with Gasteiger partial charge in [-0.3, -0.25) is 4.79 Å². The first-order chi connectivity index (χ1) is 12.0. The monoisotopic (exact) mass is 376 g/mol. The zero-order chi connectivity index (χ0) is 17.9. The van der Waals surface area contributed by atoms with Crippen LogP contribution in [0.1, 0.15) is 24.1 Å². The summed E-state index contributed by atoms with van der Waals surface area (Å²) in [5.41, 5.74) is 1.75. The molecule has 0 bridgehead atoms. The van der Waals surface area contributed by atoms with Crippen molar-refractivity contribution in [2.45, 2.75) is 31.7 Å². The zero-order valence-electron chi connectivity index (χ0n) is 13.9. The second-order valence-electron chi connectivity index (χ2n) is 6.23. The van der Waals surface area contributed by atoms with E-state index in [2.05, 4.69) is 10.3 Å². The number of carbonyl (C=O) groups excluding carboxylic acids is 1. The zero-order valence-corrected chi connectivity index (χ0v) is 15.6. The molecular formula is C18H20N2O3S2. The molecule has 0 unspecified atom stereocenters. The van der Waals surface area contributed by atoms with E-state index in [1.165, 1.54) is 16.9 Å². The molecule has 1 aromatic carbocycles. The van der Waals surface area contributed by atoms with E-state index in [0.29, 0.717) is 18.5 Å². The van der Waals surface area contributed by atoms with Gasteiger partial charge in [-0.2, -0.15) is 11.8 Å². The number of aryl methyl sites for hydroxylation is 1. The fourth-order valence-electron chi connectivity index (χ4n) is 2.80. The molecule has 2 N–H and O–H groups in total. The number of aliphatic carboxylic acids is 1. The van der Waals surface area contributed by atoms with Crippen LogP contribution in [0, 0.1) is 6.92 Å². The summed E-state index contributed by atoms with van der Waals surface area (Å²) in [6.07, 6.45) is 1.03. The van der Waals surface area contributed by atoms with Crippen LogP contribution in [0.15, 0.2) is 29.6 Å². The molecule has 0 aliphatic carbocycles.